The molecule has 1 aliphatic rings. The van der Waals surface area contributed by atoms with Gasteiger partial charge >= 0.3 is 0 Å². The smallest absolute Gasteiger partial charge is 0.256 e. The molecule has 216 valence electrons. The third-order valence-corrected chi connectivity index (χ3v) is 9.47. The maximum atomic E-state index is 14.4. The number of nitrogens with zero attached hydrogens (tertiary/aromatic N) is 3. The molecule has 2 unspecified atom stereocenters. The number of halogens is 1. The number of rotatable bonds is 8. The van der Waals surface area contributed by atoms with Crippen LogP contribution in [-0.4, -0.2) is 61.2 Å². The highest BCUT2D eigenvalue weighted by Gasteiger charge is 2.30. The normalized spacial score (nSPS) is 17.7. The van der Waals surface area contributed by atoms with Crippen molar-refractivity contribution in [2.24, 2.45) is 5.92 Å². The number of nitrogens with one attached hydrogen (secondary N) is 1. The molecule has 0 saturated carbocycles. The third kappa shape index (κ3) is 6.06. The molecule has 5 rings (SSSR count). The van der Waals surface area contributed by atoms with E-state index in [0.29, 0.717) is 22.1 Å². The highest BCUT2D eigenvalue weighted by molar-refractivity contribution is 7.90. The molecule has 1 aliphatic heterocycles. The Balaban J connectivity index is 1.50. The number of aromatic nitrogens is 2. The van der Waals surface area contributed by atoms with Crippen molar-refractivity contribution in [3.63, 3.8) is 0 Å². The SMILES string of the molecule is CC(C)N(C)C(=O)c1cc(F)ccc1-n1cc(C2CCNCC2CCc2ccc(S(C)(=O)=O)cc2)c2ccncc21. The molecule has 0 spiro atoms. The Labute approximate surface area is 241 Å². The Hall–Kier alpha value is -3.56. The van der Waals surface area contributed by atoms with E-state index in [1.54, 1.807) is 36.3 Å². The number of carbonyl (C=O) groups excluding carboxylic acids is 1. The first-order valence-corrected chi connectivity index (χ1v) is 16.0. The van der Waals surface area contributed by atoms with Gasteiger partial charge in [0.05, 0.1) is 27.9 Å². The molecule has 4 aromatic rings. The summed E-state index contributed by atoms with van der Waals surface area (Å²) in [6.07, 6.45) is 9.67. The topological polar surface area (TPSA) is 84.3 Å². The molecule has 0 radical (unpaired) electrons. The highest BCUT2D eigenvalue weighted by Crippen LogP contribution is 2.39. The van der Waals surface area contributed by atoms with Gasteiger partial charge in [0.1, 0.15) is 5.82 Å². The quantitative estimate of drug-likeness (QED) is 0.305. The lowest BCUT2D eigenvalue weighted by Crippen LogP contribution is -2.35. The van der Waals surface area contributed by atoms with E-state index in [2.05, 4.69) is 16.5 Å². The first kappa shape index (κ1) is 29.0. The van der Waals surface area contributed by atoms with Crippen LogP contribution in [-0.2, 0) is 16.3 Å². The van der Waals surface area contributed by atoms with Crippen LogP contribution in [0.4, 0.5) is 4.39 Å². The summed E-state index contributed by atoms with van der Waals surface area (Å²) in [4.78, 5) is 19.8. The molecule has 1 N–H and O–H groups in total. The zero-order valence-electron chi connectivity index (χ0n) is 24.0. The molecule has 9 heteroatoms. The van der Waals surface area contributed by atoms with E-state index in [-0.39, 0.29) is 17.9 Å². The van der Waals surface area contributed by atoms with Gasteiger partial charge in [-0.1, -0.05) is 12.1 Å². The number of sulfone groups is 1. The first-order valence-electron chi connectivity index (χ1n) is 14.1. The molecule has 7 nitrogen and oxygen atoms in total. The number of pyridine rings is 1. The molecule has 2 aromatic heterocycles. The van der Waals surface area contributed by atoms with Gasteiger partial charge in [0.15, 0.2) is 9.84 Å². The molecule has 3 heterocycles. The Morgan fingerprint density at radius 1 is 1.17 bits per heavy atom. The number of piperidine rings is 1. The van der Waals surface area contributed by atoms with Gasteiger partial charge in [0.2, 0.25) is 0 Å². The lowest BCUT2D eigenvalue weighted by atomic mass is 9.78. The van der Waals surface area contributed by atoms with E-state index in [4.69, 9.17) is 0 Å². The van der Waals surface area contributed by atoms with Crippen LogP contribution in [0, 0.1) is 11.7 Å². The lowest BCUT2D eigenvalue weighted by Gasteiger charge is -2.32. The van der Waals surface area contributed by atoms with Crippen LogP contribution in [0.15, 0.2) is 72.0 Å². The summed E-state index contributed by atoms with van der Waals surface area (Å²) in [6.45, 7) is 5.65. The molecule has 0 aliphatic carbocycles. The second-order valence-electron chi connectivity index (χ2n) is 11.3. The summed E-state index contributed by atoms with van der Waals surface area (Å²) in [7, 11) is -1.49. The van der Waals surface area contributed by atoms with E-state index >= 15 is 0 Å². The fraction of sp³-hybridized carbons (Fsp3) is 0.375. The second-order valence-corrected chi connectivity index (χ2v) is 13.3. The average molecular weight is 577 g/mol. The largest absolute Gasteiger partial charge is 0.339 e. The zero-order valence-corrected chi connectivity index (χ0v) is 24.8. The summed E-state index contributed by atoms with van der Waals surface area (Å²) in [6, 6.07) is 13.5. The second kappa shape index (κ2) is 11.7. The molecule has 1 amide bonds. The number of hydrogen-bond donors (Lipinski definition) is 1. The molecule has 1 fully saturated rings. The van der Waals surface area contributed by atoms with Gasteiger partial charge in [-0.15, -0.1) is 0 Å². The van der Waals surface area contributed by atoms with E-state index < -0.39 is 15.7 Å². The van der Waals surface area contributed by atoms with Crippen molar-refractivity contribution >= 4 is 26.6 Å². The predicted molar refractivity (Wildman–Crippen MR) is 160 cm³/mol. The maximum absolute atomic E-state index is 14.4. The summed E-state index contributed by atoms with van der Waals surface area (Å²) in [5.74, 6) is -0.0574. The van der Waals surface area contributed by atoms with E-state index in [1.165, 1.54) is 24.0 Å². The predicted octanol–water partition coefficient (Wildman–Crippen LogP) is 5.37. The standard InChI is InChI=1S/C32H37FN4O3S/c1-21(2)36(3)32(38)28-17-24(33)9-12-30(28)37-20-29(27-14-16-35-19-31(27)37)26-13-15-34-18-23(26)8-5-22-6-10-25(11-7-22)41(4,39)40/h6-7,9-12,14,16-17,19-21,23,26,34H,5,8,13,15,18H2,1-4H3. The van der Waals surface area contributed by atoms with Crippen LogP contribution >= 0.6 is 0 Å². The van der Waals surface area contributed by atoms with Crippen LogP contribution < -0.4 is 5.32 Å². The fourth-order valence-corrected chi connectivity index (χ4v) is 6.43. The number of carbonyl (C=O) groups is 1. The minimum atomic E-state index is -3.22. The van der Waals surface area contributed by atoms with Crippen LogP contribution in [0.1, 0.15) is 54.1 Å². The van der Waals surface area contributed by atoms with Crippen LogP contribution in [0.2, 0.25) is 0 Å². The molecule has 0 bridgehead atoms. The Kier molecular flexibility index (Phi) is 8.29. The van der Waals surface area contributed by atoms with Crippen molar-refractivity contribution in [1.82, 2.24) is 19.8 Å². The van der Waals surface area contributed by atoms with E-state index in [0.717, 1.165) is 48.8 Å². The van der Waals surface area contributed by atoms with Gasteiger partial charge < -0.3 is 14.8 Å². The fourth-order valence-electron chi connectivity index (χ4n) is 5.80. The van der Waals surface area contributed by atoms with Crippen molar-refractivity contribution in [1.29, 1.82) is 0 Å². The van der Waals surface area contributed by atoms with Gasteiger partial charge in [-0.05, 0) is 106 Å². The average Bonchev–Trinajstić information content (AvgIpc) is 3.34. The minimum Gasteiger partial charge on any atom is -0.339 e. The van der Waals surface area contributed by atoms with Crippen LogP contribution in [0.5, 0.6) is 0 Å². The van der Waals surface area contributed by atoms with Gasteiger partial charge in [0, 0.05) is 37.1 Å². The van der Waals surface area contributed by atoms with Crippen molar-refractivity contribution in [2.45, 2.75) is 50.0 Å². The van der Waals surface area contributed by atoms with Gasteiger partial charge in [-0.3, -0.25) is 9.78 Å². The minimum absolute atomic E-state index is 0.0321. The summed E-state index contributed by atoms with van der Waals surface area (Å²) < 4.78 is 40.1. The monoisotopic (exact) mass is 576 g/mol. The number of amides is 1. The number of benzene rings is 2. The molecule has 2 aromatic carbocycles. The molecule has 41 heavy (non-hydrogen) atoms. The highest BCUT2D eigenvalue weighted by atomic mass is 32.2. The van der Waals surface area contributed by atoms with Gasteiger partial charge in [-0.2, -0.15) is 0 Å². The number of aryl methyl sites for hydroxylation is 1. The van der Waals surface area contributed by atoms with Gasteiger partial charge in [-0.25, -0.2) is 12.8 Å². The van der Waals surface area contributed by atoms with E-state index in [9.17, 15) is 17.6 Å². The zero-order chi connectivity index (χ0) is 29.3. The summed E-state index contributed by atoms with van der Waals surface area (Å²) in [5.41, 5.74) is 4.12. The first-order chi connectivity index (χ1) is 19.5. The molecular formula is C32H37FN4O3S. The van der Waals surface area contributed by atoms with Crippen LogP contribution in [0.25, 0.3) is 16.6 Å². The van der Waals surface area contributed by atoms with Crippen LogP contribution in [0.3, 0.4) is 0 Å². The third-order valence-electron chi connectivity index (χ3n) is 8.34. The molecule has 1 saturated heterocycles. The lowest BCUT2D eigenvalue weighted by molar-refractivity contribution is 0.0754. The van der Waals surface area contributed by atoms with Crippen molar-refractivity contribution in [3.05, 3.63) is 89.6 Å². The number of fused-ring (bicyclic) bond motifs is 1. The van der Waals surface area contributed by atoms with E-state index in [1.807, 2.05) is 42.8 Å². The van der Waals surface area contributed by atoms with Gasteiger partial charge in [0.25, 0.3) is 5.91 Å². The van der Waals surface area contributed by atoms with Crippen molar-refractivity contribution < 1.29 is 17.6 Å². The Bertz CT molecular complexity index is 1660. The Morgan fingerprint density at radius 2 is 1.93 bits per heavy atom. The van der Waals surface area contributed by atoms with Crippen molar-refractivity contribution in [2.75, 3.05) is 26.4 Å². The summed E-state index contributed by atoms with van der Waals surface area (Å²) in [5, 5.41) is 4.63. The Morgan fingerprint density at radius 3 is 2.63 bits per heavy atom. The number of hydrogen-bond acceptors (Lipinski definition) is 5. The molecular weight excluding hydrogens is 539 g/mol. The van der Waals surface area contributed by atoms with Crippen molar-refractivity contribution in [3.8, 4) is 5.69 Å². The maximum Gasteiger partial charge on any atom is 0.256 e. The molecule has 2 atom stereocenters. The summed E-state index contributed by atoms with van der Waals surface area (Å²) >= 11 is 0.